The van der Waals surface area contributed by atoms with Crippen molar-refractivity contribution in [2.75, 3.05) is 45.9 Å². The van der Waals surface area contributed by atoms with Crippen molar-refractivity contribution < 1.29 is 5.11 Å². The Kier molecular flexibility index (Phi) is 7.50. The molecule has 1 fully saturated rings. The van der Waals surface area contributed by atoms with E-state index in [-0.39, 0.29) is 0 Å². The molecule has 2 rings (SSSR count). The highest BCUT2D eigenvalue weighted by Gasteiger charge is 2.14. The molecule has 0 aliphatic carbocycles. The predicted molar refractivity (Wildman–Crippen MR) is 89.3 cm³/mol. The first kappa shape index (κ1) is 16.2. The maximum absolute atomic E-state index is 8.78. The molecule has 0 spiro atoms. The second-order valence-electron chi connectivity index (χ2n) is 5.74. The van der Waals surface area contributed by atoms with E-state index in [9.17, 15) is 0 Å². The van der Waals surface area contributed by atoms with Gasteiger partial charge in [-0.25, -0.2) is 0 Å². The molecule has 21 heavy (non-hydrogen) atoms. The van der Waals surface area contributed by atoms with Crippen LogP contribution >= 0.6 is 0 Å². The summed E-state index contributed by atoms with van der Waals surface area (Å²) in [6.07, 6.45) is 7.79. The normalized spacial score (nSPS) is 17.6. The first-order chi connectivity index (χ1) is 10.4. The van der Waals surface area contributed by atoms with Gasteiger partial charge in [0.2, 0.25) is 0 Å². The van der Waals surface area contributed by atoms with Gasteiger partial charge in [0.1, 0.15) is 0 Å². The zero-order chi connectivity index (χ0) is 14.8. The van der Waals surface area contributed by atoms with Gasteiger partial charge in [0.05, 0.1) is 0 Å². The Balaban J connectivity index is 1.60. The van der Waals surface area contributed by atoms with Crippen LogP contribution in [0.25, 0.3) is 6.08 Å². The summed E-state index contributed by atoms with van der Waals surface area (Å²) in [7, 11) is 0. The van der Waals surface area contributed by atoms with Crippen molar-refractivity contribution in [2.24, 2.45) is 0 Å². The van der Waals surface area contributed by atoms with E-state index in [1.807, 2.05) is 0 Å². The van der Waals surface area contributed by atoms with Gasteiger partial charge in [-0.1, -0.05) is 42.5 Å². The van der Waals surface area contributed by atoms with Crippen LogP contribution in [0.3, 0.4) is 0 Å². The summed E-state index contributed by atoms with van der Waals surface area (Å²) in [5.41, 5.74) is 1.28. The monoisotopic (exact) mass is 288 g/mol. The van der Waals surface area contributed by atoms with Crippen LogP contribution in [-0.4, -0.2) is 60.8 Å². The second kappa shape index (κ2) is 9.72. The van der Waals surface area contributed by atoms with Crippen LogP contribution in [0.15, 0.2) is 36.4 Å². The molecule has 1 N–H and O–H groups in total. The summed E-state index contributed by atoms with van der Waals surface area (Å²) >= 11 is 0. The number of piperazine rings is 1. The fraction of sp³-hybridized carbons (Fsp3) is 0.556. The van der Waals surface area contributed by atoms with Crippen molar-refractivity contribution in [2.45, 2.75) is 19.3 Å². The molecule has 3 heteroatoms. The third-order valence-corrected chi connectivity index (χ3v) is 4.07. The number of nitrogens with zero attached hydrogens (tertiary/aromatic N) is 2. The minimum Gasteiger partial charge on any atom is -0.396 e. The summed E-state index contributed by atoms with van der Waals surface area (Å²) in [6.45, 7) is 7.26. The average Bonchev–Trinajstić information content (AvgIpc) is 2.54. The van der Waals surface area contributed by atoms with Gasteiger partial charge in [-0.3, -0.25) is 4.90 Å². The molecule has 0 bridgehead atoms. The van der Waals surface area contributed by atoms with Crippen molar-refractivity contribution >= 4 is 6.08 Å². The lowest BCUT2D eigenvalue weighted by Gasteiger charge is -2.34. The largest absolute Gasteiger partial charge is 0.396 e. The van der Waals surface area contributed by atoms with E-state index >= 15 is 0 Å². The van der Waals surface area contributed by atoms with Crippen LogP contribution < -0.4 is 0 Å². The third-order valence-electron chi connectivity index (χ3n) is 4.07. The fourth-order valence-electron chi connectivity index (χ4n) is 2.72. The van der Waals surface area contributed by atoms with Crippen molar-refractivity contribution in [3.8, 4) is 0 Å². The number of aliphatic hydroxyl groups is 1. The number of rotatable bonds is 8. The summed E-state index contributed by atoms with van der Waals surface area (Å²) in [4.78, 5) is 5.07. The van der Waals surface area contributed by atoms with E-state index < -0.39 is 0 Å². The van der Waals surface area contributed by atoms with E-state index in [1.54, 1.807) is 0 Å². The van der Waals surface area contributed by atoms with Crippen LogP contribution in [0, 0.1) is 0 Å². The Bertz CT molecular complexity index is 397. The SMILES string of the molecule is OCCCCCN1CCN(CC=Cc2ccccc2)CC1. The highest BCUT2D eigenvalue weighted by atomic mass is 16.2. The molecule has 1 aliphatic heterocycles. The molecule has 1 saturated heterocycles. The summed E-state index contributed by atoms with van der Waals surface area (Å²) in [5.74, 6) is 0. The molecule has 0 amide bonds. The molecule has 0 aromatic heterocycles. The molecule has 0 atom stereocenters. The zero-order valence-electron chi connectivity index (χ0n) is 13.0. The summed E-state index contributed by atoms with van der Waals surface area (Å²) < 4.78 is 0. The Morgan fingerprint density at radius 3 is 2.33 bits per heavy atom. The van der Waals surface area contributed by atoms with E-state index in [0.717, 1.165) is 19.4 Å². The highest BCUT2D eigenvalue weighted by molar-refractivity contribution is 5.48. The van der Waals surface area contributed by atoms with Gasteiger partial charge in [-0.2, -0.15) is 0 Å². The van der Waals surface area contributed by atoms with Crippen LogP contribution in [-0.2, 0) is 0 Å². The average molecular weight is 288 g/mol. The lowest BCUT2D eigenvalue weighted by molar-refractivity contribution is 0.140. The minimum atomic E-state index is 0.335. The van der Waals surface area contributed by atoms with Crippen molar-refractivity contribution in [3.05, 3.63) is 42.0 Å². The van der Waals surface area contributed by atoms with Crippen LogP contribution in [0.5, 0.6) is 0 Å². The number of aliphatic hydroxyl groups excluding tert-OH is 1. The first-order valence-corrected chi connectivity index (χ1v) is 8.15. The van der Waals surface area contributed by atoms with E-state index in [2.05, 4.69) is 52.3 Å². The number of unbranched alkanes of at least 4 members (excludes halogenated alkanes) is 2. The van der Waals surface area contributed by atoms with Crippen molar-refractivity contribution in [1.82, 2.24) is 9.80 Å². The number of benzene rings is 1. The van der Waals surface area contributed by atoms with E-state index in [1.165, 1.54) is 44.7 Å². The summed E-state index contributed by atoms with van der Waals surface area (Å²) in [5, 5.41) is 8.78. The molecule has 116 valence electrons. The standard InChI is InChI=1S/C18H28N2O/c21-17-6-2-5-11-19-13-15-20(16-14-19)12-7-10-18-8-3-1-4-9-18/h1,3-4,7-10,21H,2,5-6,11-17H2. The third kappa shape index (κ3) is 6.42. The molecule has 1 heterocycles. The van der Waals surface area contributed by atoms with Gasteiger partial charge >= 0.3 is 0 Å². The molecule has 1 aromatic rings. The van der Waals surface area contributed by atoms with Gasteiger partial charge in [-0.05, 0) is 31.4 Å². The van der Waals surface area contributed by atoms with Crippen LogP contribution in [0.2, 0.25) is 0 Å². The first-order valence-electron chi connectivity index (χ1n) is 8.15. The molecule has 3 nitrogen and oxygen atoms in total. The number of hydrogen-bond acceptors (Lipinski definition) is 3. The molecular formula is C18H28N2O. The number of hydrogen-bond donors (Lipinski definition) is 1. The van der Waals surface area contributed by atoms with Crippen molar-refractivity contribution in [3.63, 3.8) is 0 Å². The minimum absolute atomic E-state index is 0.335. The maximum atomic E-state index is 8.78. The molecule has 1 aromatic carbocycles. The van der Waals surface area contributed by atoms with Gasteiger partial charge in [0.25, 0.3) is 0 Å². The highest BCUT2D eigenvalue weighted by Crippen LogP contribution is 2.06. The molecule has 1 aliphatic rings. The Hall–Kier alpha value is -1.16. The van der Waals surface area contributed by atoms with Crippen LogP contribution in [0.4, 0.5) is 0 Å². The van der Waals surface area contributed by atoms with E-state index in [4.69, 9.17) is 5.11 Å². The topological polar surface area (TPSA) is 26.7 Å². The van der Waals surface area contributed by atoms with Gasteiger partial charge in [-0.15, -0.1) is 0 Å². The Morgan fingerprint density at radius 1 is 0.905 bits per heavy atom. The molecule has 0 saturated carbocycles. The van der Waals surface area contributed by atoms with Gasteiger partial charge in [0.15, 0.2) is 0 Å². The lowest BCUT2D eigenvalue weighted by atomic mass is 10.2. The van der Waals surface area contributed by atoms with Crippen LogP contribution in [0.1, 0.15) is 24.8 Å². The lowest BCUT2D eigenvalue weighted by Crippen LogP contribution is -2.46. The predicted octanol–water partition coefficient (Wildman–Crippen LogP) is 2.48. The van der Waals surface area contributed by atoms with Gasteiger partial charge < -0.3 is 10.0 Å². The molecule has 0 unspecified atom stereocenters. The Labute approximate surface area is 128 Å². The Morgan fingerprint density at radius 2 is 1.62 bits per heavy atom. The molecule has 0 radical (unpaired) electrons. The summed E-state index contributed by atoms with van der Waals surface area (Å²) in [6, 6.07) is 10.5. The molecular weight excluding hydrogens is 260 g/mol. The van der Waals surface area contributed by atoms with E-state index in [0.29, 0.717) is 6.61 Å². The second-order valence-corrected chi connectivity index (χ2v) is 5.74. The smallest absolute Gasteiger partial charge is 0.0431 e. The zero-order valence-corrected chi connectivity index (χ0v) is 13.0. The van der Waals surface area contributed by atoms with Gasteiger partial charge in [0, 0.05) is 39.3 Å². The quantitative estimate of drug-likeness (QED) is 0.745. The maximum Gasteiger partial charge on any atom is 0.0431 e. The van der Waals surface area contributed by atoms with Crippen molar-refractivity contribution in [1.29, 1.82) is 0 Å². The fourth-order valence-corrected chi connectivity index (χ4v) is 2.72.